The summed E-state index contributed by atoms with van der Waals surface area (Å²) in [5.41, 5.74) is 3.28. The number of H-pyrrole nitrogens is 1. The van der Waals surface area contributed by atoms with E-state index in [0.29, 0.717) is 0 Å². The van der Waals surface area contributed by atoms with Gasteiger partial charge in [0.25, 0.3) is 0 Å². The minimum Gasteiger partial charge on any atom is -0.380 e. The number of benzene rings is 1. The third-order valence-electron chi connectivity index (χ3n) is 3.04. The minimum absolute atomic E-state index is 0.0686. The average molecular weight is 358 g/mol. The number of thiophene rings is 1. The molecular formula is C17H18N4OS2. The van der Waals surface area contributed by atoms with Gasteiger partial charge in [-0.05, 0) is 56.5 Å². The van der Waals surface area contributed by atoms with Gasteiger partial charge in [0.1, 0.15) is 5.00 Å². The Morgan fingerprint density at radius 3 is 2.58 bits per heavy atom. The molecule has 0 saturated heterocycles. The van der Waals surface area contributed by atoms with Gasteiger partial charge < -0.3 is 10.3 Å². The second kappa shape index (κ2) is 6.70. The van der Waals surface area contributed by atoms with Crippen LogP contribution < -0.4 is 10.2 Å². The molecule has 2 heterocycles. The van der Waals surface area contributed by atoms with Crippen LogP contribution in [0.25, 0.3) is 11.3 Å². The number of hydrogen-bond acceptors (Lipinski definition) is 6. The molecule has 1 aromatic carbocycles. The smallest absolute Gasteiger partial charge is 0.304 e. The third kappa shape index (κ3) is 4.39. The zero-order chi connectivity index (χ0) is 17.2. The van der Waals surface area contributed by atoms with Crippen LogP contribution in [-0.2, 0) is 0 Å². The number of nitrogens with one attached hydrogen (secondary N) is 2. The fraction of sp³-hybridized carbons (Fsp3) is 0.235. The van der Waals surface area contributed by atoms with E-state index >= 15 is 0 Å². The van der Waals surface area contributed by atoms with Crippen LogP contribution in [-0.4, -0.2) is 10.5 Å². The first-order valence-electron chi connectivity index (χ1n) is 7.46. The van der Waals surface area contributed by atoms with Crippen molar-refractivity contribution in [1.29, 1.82) is 0 Å². The van der Waals surface area contributed by atoms with E-state index in [0.717, 1.165) is 39.0 Å². The summed E-state index contributed by atoms with van der Waals surface area (Å²) in [5.74, 6) is 0. The molecule has 0 unspecified atom stereocenters. The second-order valence-electron chi connectivity index (χ2n) is 6.36. The summed E-state index contributed by atoms with van der Waals surface area (Å²) in [5, 5.41) is 16.7. The van der Waals surface area contributed by atoms with Crippen molar-refractivity contribution in [3.8, 4) is 11.3 Å². The molecule has 0 aliphatic heterocycles. The number of rotatable bonds is 4. The molecule has 0 bridgehead atoms. The molecule has 124 valence electrons. The molecule has 3 rings (SSSR count). The molecule has 3 aromatic rings. The van der Waals surface area contributed by atoms with Crippen molar-refractivity contribution in [2.75, 3.05) is 5.32 Å². The highest BCUT2D eigenvalue weighted by Crippen LogP contribution is 2.31. The first-order valence-corrected chi connectivity index (χ1v) is 9.22. The quantitative estimate of drug-likeness (QED) is 0.579. The van der Waals surface area contributed by atoms with Crippen LogP contribution in [0.3, 0.4) is 0 Å². The molecule has 24 heavy (non-hydrogen) atoms. The summed E-state index contributed by atoms with van der Waals surface area (Å²) in [4.78, 5) is 14.2. The lowest BCUT2D eigenvalue weighted by Crippen LogP contribution is -2.25. The van der Waals surface area contributed by atoms with Gasteiger partial charge in [-0.2, -0.15) is 0 Å². The van der Waals surface area contributed by atoms with Gasteiger partial charge in [-0.15, -0.1) is 21.6 Å². The first kappa shape index (κ1) is 16.6. The van der Waals surface area contributed by atoms with Gasteiger partial charge in [-0.3, -0.25) is 4.79 Å². The van der Waals surface area contributed by atoms with E-state index in [9.17, 15) is 4.79 Å². The van der Waals surface area contributed by atoms with Crippen molar-refractivity contribution >= 4 is 39.0 Å². The molecule has 0 amide bonds. The molecule has 0 aliphatic carbocycles. The van der Waals surface area contributed by atoms with Gasteiger partial charge in [0.05, 0.1) is 11.4 Å². The van der Waals surface area contributed by atoms with E-state index < -0.39 is 0 Å². The minimum atomic E-state index is -0.0805. The highest BCUT2D eigenvalue weighted by atomic mass is 32.1. The highest BCUT2D eigenvalue weighted by molar-refractivity contribution is 7.13. The summed E-state index contributed by atoms with van der Waals surface area (Å²) in [7, 11) is 0. The number of aromatic amines is 1. The Bertz CT molecular complexity index is 901. The predicted octanol–water partition coefficient (Wildman–Crippen LogP) is 5.79. The maximum Gasteiger partial charge on any atom is 0.304 e. The number of anilines is 1. The van der Waals surface area contributed by atoms with Crippen molar-refractivity contribution in [2.45, 2.75) is 26.3 Å². The number of nitrogens with zero attached hydrogens (tertiary/aromatic N) is 2. The molecular weight excluding hydrogens is 340 g/mol. The molecule has 0 fully saturated rings. The average Bonchev–Trinajstić information content (AvgIpc) is 3.14. The normalized spacial score (nSPS) is 12.0. The molecule has 7 heteroatoms. The van der Waals surface area contributed by atoms with Gasteiger partial charge in [0.15, 0.2) is 0 Å². The van der Waals surface area contributed by atoms with Crippen molar-refractivity contribution in [1.82, 2.24) is 4.98 Å². The zero-order valence-electron chi connectivity index (χ0n) is 13.7. The van der Waals surface area contributed by atoms with E-state index in [1.807, 2.05) is 41.1 Å². The van der Waals surface area contributed by atoms with E-state index in [2.05, 4.69) is 41.3 Å². The molecule has 0 aliphatic rings. The summed E-state index contributed by atoms with van der Waals surface area (Å²) in [6.45, 7) is 6.29. The topological polar surface area (TPSA) is 69.6 Å². The Hall–Kier alpha value is -2.25. The Morgan fingerprint density at radius 2 is 1.96 bits per heavy atom. The number of azo groups is 1. The van der Waals surface area contributed by atoms with Crippen LogP contribution in [0.4, 0.5) is 16.4 Å². The van der Waals surface area contributed by atoms with Crippen molar-refractivity contribution in [3.05, 3.63) is 50.8 Å². The summed E-state index contributed by atoms with van der Waals surface area (Å²) in [6, 6.07) is 9.74. The van der Waals surface area contributed by atoms with E-state index in [1.165, 1.54) is 11.3 Å². The zero-order valence-corrected chi connectivity index (χ0v) is 15.3. The summed E-state index contributed by atoms with van der Waals surface area (Å²) < 4.78 is 0. The first-order chi connectivity index (χ1) is 11.4. The monoisotopic (exact) mass is 358 g/mol. The van der Waals surface area contributed by atoms with E-state index in [1.54, 1.807) is 0 Å². The lowest BCUT2D eigenvalue weighted by Gasteiger charge is -2.22. The fourth-order valence-electron chi connectivity index (χ4n) is 2.18. The highest BCUT2D eigenvalue weighted by Gasteiger charge is 2.12. The maximum atomic E-state index is 11.5. The Balaban J connectivity index is 2.00. The lowest BCUT2D eigenvalue weighted by molar-refractivity contribution is 0.634. The third-order valence-corrected chi connectivity index (χ3v) is 4.46. The van der Waals surface area contributed by atoms with Gasteiger partial charge >= 0.3 is 4.87 Å². The van der Waals surface area contributed by atoms with Crippen LogP contribution in [0, 0.1) is 0 Å². The van der Waals surface area contributed by atoms with Gasteiger partial charge in [0.2, 0.25) is 0 Å². The Morgan fingerprint density at radius 1 is 1.12 bits per heavy atom. The maximum absolute atomic E-state index is 11.5. The van der Waals surface area contributed by atoms with Crippen molar-refractivity contribution in [2.24, 2.45) is 10.2 Å². The predicted molar refractivity (Wildman–Crippen MR) is 102 cm³/mol. The largest absolute Gasteiger partial charge is 0.380 e. The van der Waals surface area contributed by atoms with Gasteiger partial charge in [0, 0.05) is 22.2 Å². The van der Waals surface area contributed by atoms with Gasteiger partial charge in [-0.1, -0.05) is 11.3 Å². The summed E-state index contributed by atoms with van der Waals surface area (Å²) in [6.07, 6.45) is 0. The number of thiazole rings is 1. The summed E-state index contributed by atoms with van der Waals surface area (Å²) >= 11 is 2.69. The van der Waals surface area contributed by atoms with Crippen LogP contribution in [0.5, 0.6) is 0 Å². The Kier molecular flexibility index (Phi) is 4.64. The van der Waals surface area contributed by atoms with Crippen LogP contribution >= 0.6 is 22.7 Å². The standard InChI is InChI=1S/C17H18N4OS2/c1-17(2,3)19-12-7-11(14-10-24-16(22)18-14)8-13(9-12)20-21-15-5-4-6-23-15/h4-10,19H,1-3H3,(H,18,22)/b21-20-. The molecule has 0 atom stereocenters. The molecule has 2 N–H and O–H groups in total. The molecule has 2 aromatic heterocycles. The van der Waals surface area contributed by atoms with E-state index in [-0.39, 0.29) is 10.4 Å². The van der Waals surface area contributed by atoms with Gasteiger partial charge in [-0.25, -0.2) is 0 Å². The molecule has 5 nitrogen and oxygen atoms in total. The fourth-order valence-corrected chi connectivity index (χ4v) is 3.32. The molecule has 0 spiro atoms. The van der Waals surface area contributed by atoms with Crippen LogP contribution in [0.2, 0.25) is 0 Å². The molecule has 0 radical (unpaired) electrons. The van der Waals surface area contributed by atoms with Crippen LogP contribution in [0.1, 0.15) is 20.8 Å². The van der Waals surface area contributed by atoms with E-state index in [4.69, 9.17) is 0 Å². The molecule has 0 saturated carbocycles. The number of hydrogen-bond donors (Lipinski definition) is 2. The lowest BCUT2D eigenvalue weighted by atomic mass is 10.1. The number of aromatic nitrogens is 1. The second-order valence-corrected chi connectivity index (χ2v) is 8.13. The van der Waals surface area contributed by atoms with Crippen molar-refractivity contribution < 1.29 is 0 Å². The van der Waals surface area contributed by atoms with Crippen LogP contribution in [0.15, 0.2) is 56.1 Å². The van der Waals surface area contributed by atoms with Crippen molar-refractivity contribution in [3.63, 3.8) is 0 Å². The SMILES string of the molecule is CC(C)(C)Nc1cc(/N=N\c2cccs2)cc(-c2csc(=O)[nH]2)c1. The Labute approximate surface area is 148 Å².